The first kappa shape index (κ1) is 14.4. The van der Waals surface area contributed by atoms with E-state index in [1.807, 2.05) is 0 Å². The summed E-state index contributed by atoms with van der Waals surface area (Å²) in [5, 5.41) is 8.82. The molecule has 0 heterocycles. The van der Waals surface area contributed by atoms with Gasteiger partial charge in [-0.2, -0.15) is 0 Å². The van der Waals surface area contributed by atoms with Gasteiger partial charge in [0.2, 0.25) is 5.91 Å². The van der Waals surface area contributed by atoms with Gasteiger partial charge in [0, 0.05) is 13.0 Å². The summed E-state index contributed by atoms with van der Waals surface area (Å²) in [6, 6.07) is 0. The Morgan fingerprint density at radius 2 is 1.67 bits per heavy atom. The minimum absolute atomic E-state index is 0.188. The van der Waals surface area contributed by atoms with Crippen molar-refractivity contribution in [1.29, 1.82) is 0 Å². The van der Waals surface area contributed by atoms with Crippen LogP contribution in [0.25, 0.3) is 0 Å². The van der Waals surface area contributed by atoms with Gasteiger partial charge in [0.15, 0.2) is 0 Å². The summed E-state index contributed by atoms with van der Waals surface area (Å²) < 4.78 is 0. The van der Waals surface area contributed by atoms with Crippen molar-refractivity contribution >= 4 is 5.91 Å². The maximum Gasteiger partial charge on any atom is 0.217 e. The highest BCUT2D eigenvalue weighted by atomic mass is 16.3. The Labute approximate surface area is 93.0 Å². The van der Waals surface area contributed by atoms with E-state index in [9.17, 15) is 4.79 Å². The molecule has 3 N–H and O–H groups in total. The molecule has 3 heteroatoms. The third-order valence-electron chi connectivity index (χ3n) is 2.68. The van der Waals surface area contributed by atoms with Crippen molar-refractivity contribution in [1.82, 2.24) is 0 Å². The molecule has 3 nitrogen and oxygen atoms in total. The first-order valence-electron chi connectivity index (χ1n) is 6.06. The molecule has 1 unspecified atom stereocenters. The molecular weight excluding hydrogens is 190 g/mol. The van der Waals surface area contributed by atoms with Crippen LogP contribution in [-0.2, 0) is 4.79 Å². The van der Waals surface area contributed by atoms with Gasteiger partial charge >= 0.3 is 0 Å². The van der Waals surface area contributed by atoms with Gasteiger partial charge in [-0.25, -0.2) is 0 Å². The monoisotopic (exact) mass is 215 g/mol. The first-order valence-corrected chi connectivity index (χ1v) is 6.06. The van der Waals surface area contributed by atoms with E-state index in [1.54, 1.807) is 0 Å². The number of carbonyl (C=O) groups is 1. The largest absolute Gasteiger partial charge is 0.396 e. The smallest absolute Gasteiger partial charge is 0.217 e. The van der Waals surface area contributed by atoms with Crippen LogP contribution in [0.15, 0.2) is 0 Å². The number of primary amides is 1. The summed E-state index contributed by atoms with van der Waals surface area (Å²) >= 11 is 0. The average molecular weight is 215 g/mol. The number of carbonyl (C=O) groups excluding carboxylic acids is 1. The van der Waals surface area contributed by atoms with E-state index in [2.05, 4.69) is 6.92 Å². The Kier molecular flexibility index (Phi) is 9.59. The zero-order chi connectivity index (χ0) is 11.5. The molecule has 0 bridgehead atoms. The molecule has 0 aromatic carbocycles. The molecule has 0 radical (unpaired) electrons. The maximum absolute atomic E-state index is 10.4. The lowest BCUT2D eigenvalue weighted by Gasteiger charge is -2.06. The van der Waals surface area contributed by atoms with Crippen molar-refractivity contribution in [2.45, 2.75) is 58.3 Å². The van der Waals surface area contributed by atoms with Crippen LogP contribution in [0.4, 0.5) is 0 Å². The van der Waals surface area contributed by atoms with Crippen molar-refractivity contribution < 1.29 is 9.90 Å². The molecule has 90 valence electrons. The average Bonchev–Trinajstić information content (AvgIpc) is 2.21. The highest BCUT2D eigenvalue weighted by Gasteiger charge is 1.99. The van der Waals surface area contributed by atoms with Crippen LogP contribution in [0, 0.1) is 5.92 Å². The molecule has 1 atom stereocenters. The maximum atomic E-state index is 10.4. The molecule has 0 spiro atoms. The summed E-state index contributed by atoms with van der Waals surface area (Å²) in [5.74, 6) is 0.256. The Morgan fingerprint density at radius 1 is 1.13 bits per heavy atom. The summed E-state index contributed by atoms with van der Waals surface area (Å²) in [6.45, 7) is 2.38. The molecule has 1 amide bonds. The fourth-order valence-electron chi connectivity index (χ4n) is 1.59. The van der Waals surface area contributed by atoms with Gasteiger partial charge in [-0.15, -0.1) is 0 Å². The Hall–Kier alpha value is -0.570. The van der Waals surface area contributed by atoms with Gasteiger partial charge in [-0.05, 0) is 18.8 Å². The van der Waals surface area contributed by atoms with Gasteiger partial charge in [-0.3, -0.25) is 4.79 Å². The van der Waals surface area contributed by atoms with Crippen LogP contribution in [0.2, 0.25) is 0 Å². The Morgan fingerprint density at radius 3 is 2.20 bits per heavy atom. The lowest BCUT2D eigenvalue weighted by Crippen LogP contribution is -2.09. The Bertz CT molecular complexity index is 160. The lowest BCUT2D eigenvalue weighted by atomic mass is 10.0. The molecule has 0 aliphatic carbocycles. The van der Waals surface area contributed by atoms with Crippen LogP contribution in [0.5, 0.6) is 0 Å². The number of nitrogens with two attached hydrogens (primary N) is 1. The van der Waals surface area contributed by atoms with Crippen LogP contribution in [-0.4, -0.2) is 17.6 Å². The van der Waals surface area contributed by atoms with Gasteiger partial charge < -0.3 is 10.8 Å². The van der Waals surface area contributed by atoms with Gasteiger partial charge in [0.25, 0.3) is 0 Å². The van der Waals surface area contributed by atoms with Gasteiger partial charge in [0.05, 0.1) is 0 Å². The molecule has 0 saturated heterocycles. The zero-order valence-corrected chi connectivity index (χ0v) is 9.87. The second-order valence-electron chi connectivity index (χ2n) is 4.41. The van der Waals surface area contributed by atoms with E-state index in [1.165, 1.54) is 25.7 Å². The van der Waals surface area contributed by atoms with E-state index in [0.29, 0.717) is 18.9 Å². The predicted molar refractivity (Wildman–Crippen MR) is 62.4 cm³/mol. The summed E-state index contributed by atoms with van der Waals surface area (Å²) in [5.41, 5.74) is 5.04. The van der Waals surface area contributed by atoms with E-state index in [4.69, 9.17) is 10.8 Å². The molecular formula is C12H25NO2. The number of rotatable bonds is 10. The SMILES string of the molecule is CC(CO)CCCCCCCCC(N)=O. The molecule has 0 aliphatic rings. The van der Waals surface area contributed by atoms with E-state index < -0.39 is 0 Å². The first-order chi connectivity index (χ1) is 7.16. The van der Waals surface area contributed by atoms with Crippen LogP contribution in [0.1, 0.15) is 58.3 Å². The quantitative estimate of drug-likeness (QED) is 0.549. The highest BCUT2D eigenvalue weighted by molar-refractivity contribution is 5.73. The normalized spacial score (nSPS) is 12.7. The topological polar surface area (TPSA) is 63.3 Å². The number of aliphatic hydroxyl groups is 1. The summed E-state index contributed by atoms with van der Waals surface area (Å²) in [7, 11) is 0. The number of hydrogen-bond acceptors (Lipinski definition) is 2. The molecule has 0 aromatic rings. The third-order valence-corrected chi connectivity index (χ3v) is 2.68. The molecule has 0 aliphatic heterocycles. The van der Waals surface area contributed by atoms with Crippen molar-refractivity contribution in [3.63, 3.8) is 0 Å². The molecule has 0 rings (SSSR count). The fraction of sp³-hybridized carbons (Fsp3) is 0.917. The van der Waals surface area contributed by atoms with Crippen molar-refractivity contribution in [2.75, 3.05) is 6.61 Å². The van der Waals surface area contributed by atoms with Crippen molar-refractivity contribution in [3.05, 3.63) is 0 Å². The van der Waals surface area contributed by atoms with Crippen LogP contribution >= 0.6 is 0 Å². The number of unbranched alkanes of at least 4 members (excludes halogenated alkanes) is 5. The standard InChI is InChI=1S/C12H25NO2/c1-11(10-14)8-6-4-2-3-5-7-9-12(13)15/h11,14H,2-10H2,1H3,(H2,13,15). The Balaban J connectivity index is 3.02. The minimum atomic E-state index is -0.188. The highest BCUT2D eigenvalue weighted by Crippen LogP contribution is 2.11. The fourth-order valence-corrected chi connectivity index (χ4v) is 1.59. The third kappa shape index (κ3) is 11.4. The molecule has 15 heavy (non-hydrogen) atoms. The lowest BCUT2D eigenvalue weighted by molar-refractivity contribution is -0.118. The summed E-state index contributed by atoms with van der Waals surface area (Å²) in [6.07, 6.45) is 8.57. The minimum Gasteiger partial charge on any atom is -0.396 e. The van der Waals surface area contributed by atoms with E-state index >= 15 is 0 Å². The van der Waals surface area contributed by atoms with Crippen LogP contribution in [0.3, 0.4) is 0 Å². The van der Waals surface area contributed by atoms with Crippen molar-refractivity contribution in [3.8, 4) is 0 Å². The molecule has 0 fully saturated rings. The molecule has 0 saturated carbocycles. The number of amides is 1. The van der Waals surface area contributed by atoms with Gasteiger partial charge in [-0.1, -0.05) is 39.0 Å². The van der Waals surface area contributed by atoms with Crippen LogP contribution < -0.4 is 5.73 Å². The molecule has 0 aromatic heterocycles. The van der Waals surface area contributed by atoms with Crippen molar-refractivity contribution in [2.24, 2.45) is 11.7 Å². The van der Waals surface area contributed by atoms with E-state index in [0.717, 1.165) is 19.3 Å². The predicted octanol–water partition coefficient (Wildman–Crippen LogP) is 2.22. The number of hydrogen-bond donors (Lipinski definition) is 2. The van der Waals surface area contributed by atoms with Gasteiger partial charge in [0.1, 0.15) is 0 Å². The van der Waals surface area contributed by atoms with E-state index in [-0.39, 0.29) is 5.91 Å². The number of aliphatic hydroxyl groups excluding tert-OH is 1. The summed E-state index contributed by atoms with van der Waals surface area (Å²) in [4.78, 5) is 10.4. The second kappa shape index (κ2) is 9.97. The second-order valence-corrected chi connectivity index (χ2v) is 4.41. The zero-order valence-electron chi connectivity index (χ0n) is 9.87.